The van der Waals surface area contributed by atoms with Crippen molar-refractivity contribution in [2.24, 2.45) is 5.16 Å². The molecule has 1 heterocycles. The number of nitrogens with zero attached hydrogens (tertiary/aromatic N) is 1. The van der Waals surface area contributed by atoms with Gasteiger partial charge in [-0.3, -0.25) is 0 Å². The smallest absolute Gasteiger partial charge is 0.331 e. The van der Waals surface area contributed by atoms with E-state index in [1.165, 1.54) is 6.92 Å². The molecular weight excluding hydrogens is 222 g/mol. The van der Waals surface area contributed by atoms with E-state index in [1.807, 2.05) is 12.1 Å². The van der Waals surface area contributed by atoms with Crippen LogP contribution in [0.4, 0.5) is 0 Å². The molecule has 0 N–H and O–H groups in total. The molecule has 88 valence electrons. The fraction of sp³-hybridized carbons (Fsp3) is 0.333. The Hall–Kier alpha value is -2.04. The lowest BCUT2D eigenvalue weighted by molar-refractivity contribution is -0.140. The van der Waals surface area contributed by atoms with Crippen molar-refractivity contribution in [3.05, 3.63) is 23.3 Å². The van der Waals surface area contributed by atoms with Crippen LogP contribution in [0.3, 0.4) is 0 Å². The number of hydrogen-bond acceptors (Lipinski definition) is 5. The van der Waals surface area contributed by atoms with E-state index in [9.17, 15) is 4.79 Å². The van der Waals surface area contributed by atoms with Crippen LogP contribution in [0.15, 0.2) is 17.3 Å². The molecule has 1 aliphatic carbocycles. The molecule has 1 aliphatic heterocycles. The summed E-state index contributed by atoms with van der Waals surface area (Å²) in [5.74, 6) is 1.02. The van der Waals surface area contributed by atoms with Crippen LogP contribution in [0.5, 0.6) is 11.5 Å². The minimum Gasteiger partial charge on any atom is -0.454 e. The molecule has 0 spiro atoms. The zero-order valence-electron chi connectivity index (χ0n) is 9.36. The molecular formula is C12H11NO4. The average molecular weight is 233 g/mol. The summed E-state index contributed by atoms with van der Waals surface area (Å²) in [4.78, 5) is 15.5. The average Bonchev–Trinajstić information content (AvgIpc) is 2.91. The highest BCUT2D eigenvalue weighted by molar-refractivity contribution is 6.07. The van der Waals surface area contributed by atoms with Crippen LogP contribution in [0.2, 0.25) is 0 Å². The minimum absolute atomic E-state index is 0.229. The Kier molecular flexibility index (Phi) is 2.24. The monoisotopic (exact) mass is 233 g/mol. The summed E-state index contributed by atoms with van der Waals surface area (Å²) < 4.78 is 10.7. The Labute approximate surface area is 98.0 Å². The van der Waals surface area contributed by atoms with E-state index in [0.717, 1.165) is 35.4 Å². The first kappa shape index (κ1) is 10.1. The number of oxime groups is 1. The Morgan fingerprint density at radius 1 is 1.35 bits per heavy atom. The van der Waals surface area contributed by atoms with Crippen molar-refractivity contribution < 1.29 is 19.1 Å². The SMILES string of the molecule is CC(=O)ON=C1CCc2ccc3c(c21)OCO3. The molecule has 0 saturated heterocycles. The second-order valence-corrected chi connectivity index (χ2v) is 3.95. The largest absolute Gasteiger partial charge is 0.454 e. The lowest BCUT2D eigenvalue weighted by atomic mass is 10.1. The zero-order valence-corrected chi connectivity index (χ0v) is 9.36. The third kappa shape index (κ3) is 1.63. The Morgan fingerprint density at radius 3 is 3.06 bits per heavy atom. The van der Waals surface area contributed by atoms with E-state index >= 15 is 0 Å². The maximum Gasteiger partial charge on any atom is 0.331 e. The number of aryl methyl sites for hydroxylation is 1. The molecule has 5 heteroatoms. The van der Waals surface area contributed by atoms with Gasteiger partial charge in [0.25, 0.3) is 0 Å². The van der Waals surface area contributed by atoms with Crippen molar-refractivity contribution in [3.8, 4) is 11.5 Å². The normalized spacial score (nSPS) is 18.3. The Balaban J connectivity index is 2.04. The predicted molar refractivity (Wildman–Crippen MR) is 59.2 cm³/mol. The number of rotatable bonds is 1. The molecule has 17 heavy (non-hydrogen) atoms. The van der Waals surface area contributed by atoms with Gasteiger partial charge >= 0.3 is 5.97 Å². The molecule has 5 nitrogen and oxygen atoms in total. The van der Waals surface area contributed by atoms with Gasteiger partial charge in [0, 0.05) is 12.5 Å². The maximum atomic E-state index is 10.8. The van der Waals surface area contributed by atoms with Crippen LogP contribution in [0.1, 0.15) is 24.5 Å². The molecule has 2 aliphatic rings. The van der Waals surface area contributed by atoms with Crippen molar-refractivity contribution in [2.75, 3.05) is 6.79 Å². The summed E-state index contributed by atoms with van der Waals surface area (Å²) in [6, 6.07) is 3.90. The van der Waals surface area contributed by atoms with Gasteiger partial charge in [-0.2, -0.15) is 0 Å². The van der Waals surface area contributed by atoms with Gasteiger partial charge in [-0.05, 0) is 24.5 Å². The lowest BCUT2D eigenvalue weighted by Crippen LogP contribution is -2.01. The summed E-state index contributed by atoms with van der Waals surface area (Å²) in [6.07, 6.45) is 1.63. The van der Waals surface area contributed by atoms with E-state index < -0.39 is 5.97 Å². The Bertz CT molecular complexity index is 521. The lowest BCUT2D eigenvalue weighted by Gasteiger charge is -2.04. The number of hydrogen-bond donors (Lipinski definition) is 0. The standard InChI is InChI=1S/C12H11NO4/c1-7(14)17-13-9-4-2-8-3-5-10-12(11(8)9)16-6-15-10/h3,5H,2,4,6H2,1H3. The fourth-order valence-corrected chi connectivity index (χ4v) is 2.13. The van der Waals surface area contributed by atoms with Gasteiger partial charge in [-0.1, -0.05) is 11.2 Å². The van der Waals surface area contributed by atoms with Crippen molar-refractivity contribution in [2.45, 2.75) is 19.8 Å². The Morgan fingerprint density at radius 2 is 2.24 bits per heavy atom. The number of carbonyl (C=O) groups excluding carboxylic acids is 1. The van der Waals surface area contributed by atoms with E-state index in [4.69, 9.17) is 14.3 Å². The first-order valence-electron chi connectivity index (χ1n) is 5.42. The van der Waals surface area contributed by atoms with E-state index in [-0.39, 0.29) is 6.79 Å². The molecule has 0 amide bonds. The summed E-state index contributed by atoms with van der Waals surface area (Å²) in [6.45, 7) is 1.56. The minimum atomic E-state index is -0.421. The maximum absolute atomic E-state index is 10.8. The van der Waals surface area contributed by atoms with Crippen molar-refractivity contribution >= 4 is 11.7 Å². The molecule has 3 rings (SSSR count). The summed E-state index contributed by atoms with van der Waals surface area (Å²) in [5, 5.41) is 3.87. The second-order valence-electron chi connectivity index (χ2n) is 3.95. The zero-order chi connectivity index (χ0) is 11.8. The topological polar surface area (TPSA) is 57.1 Å². The first-order chi connectivity index (χ1) is 8.25. The molecule has 0 unspecified atom stereocenters. The third-order valence-corrected chi connectivity index (χ3v) is 2.83. The van der Waals surface area contributed by atoms with Gasteiger partial charge in [0.05, 0.1) is 5.71 Å². The number of ether oxygens (including phenoxy) is 2. The van der Waals surface area contributed by atoms with Gasteiger partial charge < -0.3 is 14.3 Å². The highest BCUT2D eigenvalue weighted by Crippen LogP contribution is 2.41. The molecule has 0 bridgehead atoms. The van der Waals surface area contributed by atoms with E-state index in [2.05, 4.69) is 5.16 Å². The summed E-state index contributed by atoms with van der Waals surface area (Å²) >= 11 is 0. The van der Waals surface area contributed by atoms with Crippen molar-refractivity contribution in [3.63, 3.8) is 0 Å². The molecule has 1 aromatic rings. The summed E-state index contributed by atoms with van der Waals surface area (Å²) in [7, 11) is 0. The number of benzene rings is 1. The quantitative estimate of drug-likeness (QED) is 0.546. The van der Waals surface area contributed by atoms with Crippen LogP contribution in [-0.2, 0) is 16.1 Å². The van der Waals surface area contributed by atoms with Gasteiger partial charge in [0.15, 0.2) is 11.5 Å². The van der Waals surface area contributed by atoms with Gasteiger partial charge in [0.1, 0.15) is 0 Å². The molecule has 0 fully saturated rings. The predicted octanol–water partition coefficient (Wildman–Crippen LogP) is 1.63. The first-order valence-corrected chi connectivity index (χ1v) is 5.42. The molecule has 0 aromatic heterocycles. The van der Waals surface area contributed by atoms with Crippen LogP contribution in [-0.4, -0.2) is 18.5 Å². The van der Waals surface area contributed by atoms with Crippen LogP contribution in [0, 0.1) is 0 Å². The van der Waals surface area contributed by atoms with Gasteiger partial charge in [-0.25, -0.2) is 4.79 Å². The van der Waals surface area contributed by atoms with E-state index in [0.29, 0.717) is 5.75 Å². The van der Waals surface area contributed by atoms with Crippen LogP contribution >= 0.6 is 0 Å². The molecule has 0 radical (unpaired) electrons. The molecule has 1 aromatic carbocycles. The van der Waals surface area contributed by atoms with Crippen molar-refractivity contribution in [1.82, 2.24) is 0 Å². The number of carbonyl (C=O) groups is 1. The van der Waals surface area contributed by atoms with Crippen LogP contribution < -0.4 is 9.47 Å². The van der Waals surface area contributed by atoms with E-state index in [1.54, 1.807) is 0 Å². The molecule has 0 atom stereocenters. The van der Waals surface area contributed by atoms with Gasteiger partial charge in [0.2, 0.25) is 6.79 Å². The van der Waals surface area contributed by atoms with Crippen molar-refractivity contribution in [1.29, 1.82) is 0 Å². The highest BCUT2D eigenvalue weighted by atomic mass is 16.7. The number of fused-ring (bicyclic) bond motifs is 3. The third-order valence-electron chi connectivity index (χ3n) is 2.83. The highest BCUT2D eigenvalue weighted by Gasteiger charge is 2.28. The summed E-state index contributed by atoms with van der Waals surface area (Å²) in [5.41, 5.74) is 2.82. The van der Waals surface area contributed by atoms with Crippen LogP contribution in [0.25, 0.3) is 0 Å². The van der Waals surface area contributed by atoms with Gasteiger partial charge in [-0.15, -0.1) is 0 Å². The molecule has 0 saturated carbocycles. The fourth-order valence-electron chi connectivity index (χ4n) is 2.13. The second kappa shape index (κ2) is 3.76.